The lowest BCUT2D eigenvalue weighted by atomic mass is 10.0. The monoisotopic (exact) mass is 520 g/mol. The Morgan fingerprint density at radius 2 is 1.83 bits per heavy atom. The van der Waals surface area contributed by atoms with E-state index in [1.807, 2.05) is 0 Å². The van der Waals surface area contributed by atoms with Crippen LogP contribution in [-0.2, 0) is 25.8 Å². The summed E-state index contributed by atoms with van der Waals surface area (Å²) < 4.78 is 92.7. The van der Waals surface area contributed by atoms with Crippen LogP contribution in [0.2, 0.25) is 0 Å². The van der Waals surface area contributed by atoms with Crippen molar-refractivity contribution < 1.29 is 40.0 Å². The van der Waals surface area contributed by atoms with Gasteiger partial charge in [-0.15, -0.1) is 0 Å². The number of sulfone groups is 1. The summed E-state index contributed by atoms with van der Waals surface area (Å²) in [6.45, 7) is 2.67. The van der Waals surface area contributed by atoms with Crippen LogP contribution in [0.3, 0.4) is 0 Å². The second-order valence-electron chi connectivity index (χ2n) is 7.79. The van der Waals surface area contributed by atoms with Crippen molar-refractivity contribution in [3.05, 3.63) is 30.1 Å². The largest absolute Gasteiger partial charge is 0.356 e. The van der Waals surface area contributed by atoms with Gasteiger partial charge in [-0.2, -0.15) is 8.78 Å². The summed E-state index contributed by atoms with van der Waals surface area (Å²) in [5.74, 6) is -6.93. The summed E-state index contributed by atoms with van der Waals surface area (Å²) in [7, 11) is -2.47. The second-order valence-corrected chi connectivity index (χ2v) is 10.0. The zero-order valence-corrected chi connectivity index (χ0v) is 19.6. The zero-order chi connectivity index (χ0) is 26.3. The van der Waals surface area contributed by atoms with E-state index in [2.05, 4.69) is 9.97 Å². The molecule has 1 aliphatic heterocycles. The molecule has 190 valence electrons. The number of anilines is 2. The molecule has 3 heterocycles. The average Bonchev–Trinajstić information content (AvgIpc) is 2.82. The fourth-order valence-corrected chi connectivity index (χ4v) is 4.51. The molecule has 2 aromatic rings. The Bertz CT molecular complexity index is 1270. The van der Waals surface area contributed by atoms with Crippen molar-refractivity contribution in [1.82, 2.24) is 9.97 Å². The van der Waals surface area contributed by atoms with Gasteiger partial charge in [0.1, 0.15) is 5.69 Å². The normalized spacial score (nSPS) is 15.2. The van der Waals surface area contributed by atoms with E-state index in [1.165, 1.54) is 44.1 Å². The summed E-state index contributed by atoms with van der Waals surface area (Å²) in [6, 6.07) is 2.48. The number of halogens is 5. The van der Waals surface area contributed by atoms with Gasteiger partial charge < -0.3 is 4.90 Å². The number of amides is 2. The van der Waals surface area contributed by atoms with Gasteiger partial charge in [0.05, 0.1) is 40.1 Å². The number of fused-ring (bicyclic) bond motifs is 1. The first kappa shape index (κ1) is 26.4. The van der Waals surface area contributed by atoms with Gasteiger partial charge >= 0.3 is 12.3 Å². The van der Waals surface area contributed by atoms with Gasteiger partial charge in [0.25, 0.3) is 0 Å². The Morgan fingerprint density at radius 3 is 2.40 bits per heavy atom. The minimum Gasteiger partial charge on any atom is -0.314 e. The van der Waals surface area contributed by atoms with E-state index in [-0.39, 0.29) is 50.5 Å². The van der Waals surface area contributed by atoms with Crippen LogP contribution in [0.25, 0.3) is 11.4 Å². The number of hydrogen-bond donors (Lipinski definition) is 0. The van der Waals surface area contributed by atoms with E-state index < -0.39 is 46.5 Å². The number of aryl methyl sites for hydroxylation is 1. The average molecular weight is 520 g/mol. The van der Waals surface area contributed by atoms with Gasteiger partial charge in [0.2, 0.25) is 18.1 Å². The van der Waals surface area contributed by atoms with Crippen molar-refractivity contribution in [3.63, 3.8) is 0 Å². The van der Waals surface area contributed by atoms with Crippen LogP contribution in [0.1, 0.15) is 25.8 Å². The van der Waals surface area contributed by atoms with Crippen LogP contribution in [-0.4, -0.2) is 61.6 Å². The Kier molecular flexibility index (Phi) is 7.16. The molecular formula is C21H21F5N4O4S. The summed E-state index contributed by atoms with van der Waals surface area (Å²) in [5.41, 5.74) is -0.260. The van der Waals surface area contributed by atoms with Gasteiger partial charge in [0.15, 0.2) is 9.84 Å². The van der Waals surface area contributed by atoms with Gasteiger partial charge in [-0.1, -0.05) is 6.92 Å². The fourth-order valence-electron chi connectivity index (χ4n) is 3.44. The third-order valence-corrected chi connectivity index (χ3v) is 7.33. The second kappa shape index (κ2) is 9.47. The first-order valence-corrected chi connectivity index (χ1v) is 12.0. The Labute approximate surface area is 197 Å². The van der Waals surface area contributed by atoms with Crippen LogP contribution in [0.5, 0.6) is 0 Å². The SMILES string of the molecule is CCS(=O)(=O)c1cc(N(C)C(C)=O)cnc1-c1cc2c(cn1)N(C(F)C(F)(F)C(F)F)C(=O)CC2. The summed E-state index contributed by atoms with van der Waals surface area (Å²) >= 11 is 0. The van der Waals surface area contributed by atoms with E-state index in [4.69, 9.17) is 0 Å². The topological polar surface area (TPSA) is 101 Å². The van der Waals surface area contributed by atoms with Gasteiger partial charge in [-0.3, -0.25) is 24.5 Å². The molecule has 14 heteroatoms. The zero-order valence-electron chi connectivity index (χ0n) is 18.8. The van der Waals surface area contributed by atoms with E-state index in [9.17, 15) is 40.0 Å². The third kappa shape index (κ3) is 4.83. The highest BCUT2D eigenvalue weighted by Crippen LogP contribution is 2.39. The minimum atomic E-state index is -5.12. The van der Waals surface area contributed by atoms with Gasteiger partial charge in [-0.25, -0.2) is 21.6 Å². The van der Waals surface area contributed by atoms with Crippen LogP contribution in [0.15, 0.2) is 29.4 Å². The standard InChI is InChI=1S/C21H21F5N4O4S/c1-4-35(33,34)16-8-13(29(3)11(2)31)9-28-18(16)14-7-12-5-6-17(32)30(15(12)10-27-14)20(24)21(25,26)19(22)23/h7-10,19-20H,4-6H2,1-3H3. The molecule has 0 saturated carbocycles. The number of hydrogen-bond acceptors (Lipinski definition) is 6. The van der Waals surface area contributed by atoms with Crippen LogP contribution in [0.4, 0.5) is 33.3 Å². The first-order valence-electron chi connectivity index (χ1n) is 10.3. The van der Waals surface area contributed by atoms with Crippen molar-refractivity contribution in [2.75, 3.05) is 22.6 Å². The lowest BCUT2D eigenvalue weighted by Gasteiger charge is -2.34. The quantitative estimate of drug-likeness (QED) is 0.410. The smallest absolute Gasteiger partial charge is 0.314 e. The van der Waals surface area contributed by atoms with Crippen molar-refractivity contribution in [2.45, 2.75) is 50.2 Å². The van der Waals surface area contributed by atoms with E-state index in [1.54, 1.807) is 0 Å². The highest BCUT2D eigenvalue weighted by atomic mass is 32.2. The first-order chi connectivity index (χ1) is 16.2. The molecule has 1 aliphatic rings. The van der Waals surface area contributed by atoms with E-state index in [0.717, 1.165) is 6.20 Å². The number of rotatable bonds is 7. The van der Waals surface area contributed by atoms with E-state index in [0.29, 0.717) is 0 Å². The van der Waals surface area contributed by atoms with Crippen LogP contribution in [0, 0.1) is 0 Å². The van der Waals surface area contributed by atoms with Crippen molar-refractivity contribution in [3.8, 4) is 11.4 Å². The molecule has 2 amide bonds. The fraction of sp³-hybridized carbons (Fsp3) is 0.429. The highest BCUT2D eigenvalue weighted by molar-refractivity contribution is 7.91. The Balaban J connectivity index is 2.14. The predicted molar refractivity (Wildman–Crippen MR) is 116 cm³/mol. The molecule has 2 aromatic heterocycles. The lowest BCUT2D eigenvalue weighted by molar-refractivity contribution is -0.173. The predicted octanol–water partition coefficient (Wildman–Crippen LogP) is 3.40. The maximum absolute atomic E-state index is 14.4. The number of nitrogens with zero attached hydrogens (tertiary/aromatic N) is 4. The molecular weight excluding hydrogens is 499 g/mol. The summed E-state index contributed by atoms with van der Waals surface area (Å²) in [6.07, 6.45) is -6.38. The number of carbonyl (C=O) groups excluding carboxylic acids is 2. The van der Waals surface area contributed by atoms with E-state index >= 15 is 0 Å². The molecule has 1 unspecified atom stereocenters. The molecule has 0 bridgehead atoms. The third-order valence-electron chi connectivity index (χ3n) is 5.59. The van der Waals surface area contributed by atoms with Crippen molar-refractivity contribution in [2.24, 2.45) is 0 Å². The number of pyridine rings is 2. The molecule has 3 rings (SSSR count). The summed E-state index contributed by atoms with van der Waals surface area (Å²) in [4.78, 5) is 32.8. The molecule has 1 atom stereocenters. The Hall–Kier alpha value is -3.16. The van der Waals surface area contributed by atoms with Gasteiger partial charge in [0, 0.05) is 20.4 Å². The van der Waals surface area contributed by atoms with Crippen molar-refractivity contribution in [1.29, 1.82) is 0 Å². The van der Waals surface area contributed by atoms with Gasteiger partial charge in [-0.05, 0) is 24.1 Å². The molecule has 0 spiro atoms. The molecule has 0 aliphatic carbocycles. The lowest BCUT2D eigenvalue weighted by Crippen LogP contribution is -2.53. The number of aromatic nitrogens is 2. The van der Waals surface area contributed by atoms with Crippen molar-refractivity contribution >= 4 is 33.0 Å². The Morgan fingerprint density at radius 1 is 1.17 bits per heavy atom. The summed E-state index contributed by atoms with van der Waals surface area (Å²) in [5, 5.41) is 0. The molecule has 0 radical (unpaired) electrons. The molecule has 8 nitrogen and oxygen atoms in total. The van der Waals surface area contributed by atoms with Crippen LogP contribution < -0.4 is 9.80 Å². The molecule has 0 aromatic carbocycles. The maximum atomic E-state index is 14.4. The molecule has 35 heavy (non-hydrogen) atoms. The molecule has 0 N–H and O–H groups in total. The number of carbonyl (C=O) groups is 2. The number of alkyl halides is 5. The molecule has 0 fully saturated rings. The highest BCUT2D eigenvalue weighted by Gasteiger charge is 2.54. The molecule has 0 saturated heterocycles. The minimum absolute atomic E-state index is 0.0295. The van der Waals surface area contributed by atoms with Crippen LogP contribution >= 0.6 is 0 Å². The maximum Gasteiger partial charge on any atom is 0.356 e.